The third-order valence-electron chi connectivity index (χ3n) is 4.23. The molecule has 0 saturated carbocycles. The number of carbonyl (C=O) groups is 1. The van der Waals surface area contributed by atoms with Gasteiger partial charge in [0.15, 0.2) is 0 Å². The van der Waals surface area contributed by atoms with Gasteiger partial charge in [-0.05, 0) is 31.9 Å². The van der Waals surface area contributed by atoms with Crippen LogP contribution in [0.3, 0.4) is 0 Å². The molecule has 0 spiro atoms. The Balaban J connectivity index is 2.03. The van der Waals surface area contributed by atoms with Crippen LogP contribution in [0, 0.1) is 5.92 Å². The predicted molar refractivity (Wildman–Crippen MR) is 81.5 cm³/mol. The largest absolute Gasteiger partial charge is 0.465 e. The van der Waals surface area contributed by atoms with E-state index < -0.39 is 22.0 Å². The monoisotopic (exact) mass is 321 g/mol. The molecule has 0 radical (unpaired) electrons. The van der Waals surface area contributed by atoms with E-state index in [9.17, 15) is 13.2 Å². The van der Waals surface area contributed by atoms with Crippen molar-refractivity contribution in [1.82, 2.24) is 4.31 Å². The molecule has 0 N–H and O–H groups in total. The summed E-state index contributed by atoms with van der Waals surface area (Å²) in [5.74, 6) is -0.566. The molecule has 1 aromatic carbocycles. The number of benzene rings is 1. The lowest BCUT2D eigenvalue weighted by Gasteiger charge is -2.45. The van der Waals surface area contributed by atoms with Gasteiger partial charge in [0, 0.05) is 12.0 Å². The summed E-state index contributed by atoms with van der Waals surface area (Å²) in [4.78, 5) is 12.5. The molecule has 6 heteroatoms. The number of hydrogen-bond donors (Lipinski definition) is 0. The summed E-state index contributed by atoms with van der Waals surface area (Å²) in [6.07, 6.45) is 5.39. The number of piperidine rings is 1. The molecule has 118 valence electrons. The first-order valence-corrected chi connectivity index (χ1v) is 8.93. The summed E-state index contributed by atoms with van der Waals surface area (Å²) in [5.41, 5.74) is 0. The van der Waals surface area contributed by atoms with Gasteiger partial charge in [0.25, 0.3) is 0 Å². The SMILES string of the molecule is CCOC(=O)C1C2C=CC(CC2)N1S(=O)(=O)c1ccccc1. The van der Waals surface area contributed by atoms with Crippen LogP contribution in [-0.2, 0) is 19.6 Å². The zero-order valence-corrected chi connectivity index (χ0v) is 13.2. The molecular weight excluding hydrogens is 302 g/mol. The van der Waals surface area contributed by atoms with Crippen LogP contribution in [-0.4, -0.2) is 37.4 Å². The average molecular weight is 321 g/mol. The third-order valence-corrected chi connectivity index (χ3v) is 6.15. The normalized spacial score (nSPS) is 27.8. The molecule has 5 nitrogen and oxygen atoms in total. The second-order valence-electron chi connectivity index (χ2n) is 5.54. The summed E-state index contributed by atoms with van der Waals surface area (Å²) >= 11 is 0. The van der Waals surface area contributed by atoms with Gasteiger partial charge in [0.2, 0.25) is 10.0 Å². The summed E-state index contributed by atoms with van der Waals surface area (Å²) in [7, 11) is -3.72. The van der Waals surface area contributed by atoms with E-state index in [-0.39, 0.29) is 23.5 Å². The molecule has 3 atom stereocenters. The minimum Gasteiger partial charge on any atom is -0.465 e. The van der Waals surface area contributed by atoms with Crippen molar-refractivity contribution in [3.8, 4) is 0 Å². The molecule has 4 rings (SSSR count). The van der Waals surface area contributed by atoms with Gasteiger partial charge in [0.1, 0.15) is 6.04 Å². The molecule has 1 aromatic rings. The van der Waals surface area contributed by atoms with E-state index in [0.717, 1.165) is 12.8 Å². The fourth-order valence-electron chi connectivity index (χ4n) is 3.25. The van der Waals surface area contributed by atoms with E-state index >= 15 is 0 Å². The first-order chi connectivity index (χ1) is 10.6. The van der Waals surface area contributed by atoms with E-state index in [1.165, 1.54) is 4.31 Å². The number of esters is 1. The molecule has 1 fully saturated rings. The fourth-order valence-corrected chi connectivity index (χ4v) is 5.06. The first kappa shape index (κ1) is 15.2. The predicted octanol–water partition coefficient (Wildman–Crippen LogP) is 1.96. The van der Waals surface area contributed by atoms with Crippen LogP contribution < -0.4 is 0 Å². The van der Waals surface area contributed by atoms with E-state index in [0.29, 0.717) is 0 Å². The van der Waals surface area contributed by atoms with Crippen LogP contribution >= 0.6 is 0 Å². The van der Waals surface area contributed by atoms with Crippen LogP contribution in [0.15, 0.2) is 47.4 Å². The Hall–Kier alpha value is -1.66. The Morgan fingerprint density at radius 2 is 1.95 bits per heavy atom. The van der Waals surface area contributed by atoms with E-state index in [2.05, 4.69) is 0 Å². The van der Waals surface area contributed by atoms with Crippen LogP contribution in [0.1, 0.15) is 19.8 Å². The number of nitrogens with zero attached hydrogens (tertiary/aromatic N) is 1. The van der Waals surface area contributed by atoms with E-state index in [1.54, 1.807) is 37.3 Å². The number of fused-ring (bicyclic) bond motifs is 2. The van der Waals surface area contributed by atoms with E-state index in [4.69, 9.17) is 4.74 Å². The highest BCUT2D eigenvalue weighted by Crippen LogP contribution is 2.39. The molecule has 3 aliphatic rings. The number of ether oxygens (including phenoxy) is 1. The molecule has 2 aliphatic heterocycles. The van der Waals surface area contributed by atoms with Gasteiger partial charge in [-0.3, -0.25) is 4.79 Å². The first-order valence-electron chi connectivity index (χ1n) is 7.49. The standard InChI is InChI=1S/C16H19NO4S/c1-2-21-16(18)15-12-8-10-13(11-9-12)17(15)22(19,20)14-6-4-3-5-7-14/h3-8,10,12-13,15H,2,9,11H2,1H3. The second kappa shape index (κ2) is 5.85. The molecule has 22 heavy (non-hydrogen) atoms. The third kappa shape index (κ3) is 2.46. The van der Waals surface area contributed by atoms with Crippen molar-refractivity contribution >= 4 is 16.0 Å². The van der Waals surface area contributed by atoms with Crippen molar-refractivity contribution in [3.63, 3.8) is 0 Å². The van der Waals surface area contributed by atoms with Gasteiger partial charge in [-0.2, -0.15) is 4.31 Å². The number of hydrogen-bond acceptors (Lipinski definition) is 4. The summed E-state index contributed by atoms with van der Waals surface area (Å²) in [6.45, 7) is 1.97. The Morgan fingerprint density at radius 1 is 1.23 bits per heavy atom. The Morgan fingerprint density at radius 3 is 2.55 bits per heavy atom. The van der Waals surface area contributed by atoms with Crippen LogP contribution in [0.5, 0.6) is 0 Å². The van der Waals surface area contributed by atoms with Gasteiger partial charge in [-0.15, -0.1) is 0 Å². The van der Waals surface area contributed by atoms with Crippen molar-refractivity contribution < 1.29 is 17.9 Å². The van der Waals surface area contributed by atoms with Gasteiger partial charge >= 0.3 is 5.97 Å². The maximum atomic E-state index is 13.0. The molecule has 0 amide bonds. The van der Waals surface area contributed by atoms with Crippen molar-refractivity contribution in [1.29, 1.82) is 0 Å². The fraction of sp³-hybridized carbons (Fsp3) is 0.438. The van der Waals surface area contributed by atoms with Crippen LogP contribution in [0.2, 0.25) is 0 Å². The zero-order chi connectivity index (χ0) is 15.7. The molecule has 1 saturated heterocycles. The lowest BCUT2D eigenvalue weighted by molar-refractivity contribution is -0.151. The molecule has 2 heterocycles. The van der Waals surface area contributed by atoms with Crippen LogP contribution in [0.25, 0.3) is 0 Å². The van der Waals surface area contributed by atoms with Crippen molar-refractivity contribution in [2.45, 2.75) is 36.7 Å². The quantitative estimate of drug-likeness (QED) is 0.628. The molecule has 2 bridgehead atoms. The van der Waals surface area contributed by atoms with Crippen molar-refractivity contribution in [3.05, 3.63) is 42.5 Å². The Bertz CT molecular complexity index is 683. The lowest BCUT2D eigenvalue weighted by atomic mass is 9.82. The van der Waals surface area contributed by atoms with Gasteiger partial charge in [0.05, 0.1) is 11.5 Å². The Kier molecular flexibility index (Phi) is 4.06. The number of rotatable bonds is 4. The molecular formula is C16H19NO4S. The van der Waals surface area contributed by atoms with E-state index in [1.807, 2.05) is 12.2 Å². The zero-order valence-electron chi connectivity index (χ0n) is 12.4. The van der Waals surface area contributed by atoms with Gasteiger partial charge < -0.3 is 4.74 Å². The summed E-state index contributed by atoms with van der Waals surface area (Å²) in [6, 6.07) is 7.23. The molecule has 1 aliphatic carbocycles. The maximum absolute atomic E-state index is 13.0. The Labute approximate surface area is 130 Å². The minimum absolute atomic E-state index is 0.109. The highest BCUT2D eigenvalue weighted by atomic mass is 32.2. The number of carbonyl (C=O) groups excluding carboxylic acids is 1. The molecule has 3 unspecified atom stereocenters. The van der Waals surface area contributed by atoms with Gasteiger partial charge in [-0.1, -0.05) is 30.4 Å². The highest BCUT2D eigenvalue weighted by Gasteiger charge is 2.49. The van der Waals surface area contributed by atoms with Crippen LogP contribution in [0.4, 0.5) is 0 Å². The van der Waals surface area contributed by atoms with Crippen molar-refractivity contribution in [2.24, 2.45) is 5.92 Å². The smallest absolute Gasteiger partial charge is 0.325 e. The second-order valence-corrected chi connectivity index (χ2v) is 7.38. The lowest BCUT2D eigenvalue weighted by Crippen LogP contribution is -2.58. The summed E-state index contributed by atoms with van der Waals surface area (Å²) in [5, 5.41) is 0. The van der Waals surface area contributed by atoms with Gasteiger partial charge in [-0.25, -0.2) is 8.42 Å². The topological polar surface area (TPSA) is 63.7 Å². The average Bonchev–Trinajstić information content (AvgIpc) is 2.56. The number of sulfonamides is 1. The highest BCUT2D eigenvalue weighted by molar-refractivity contribution is 7.89. The maximum Gasteiger partial charge on any atom is 0.325 e. The van der Waals surface area contributed by atoms with Crippen molar-refractivity contribution in [2.75, 3.05) is 6.61 Å². The molecule has 0 aromatic heterocycles. The minimum atomic E-state index is -3.72. The summed E-state index contributed by atoms with van der Waals surface area (Å²) < 4.78 is 32.4.